The van der Waals surface area contributed by atoms with Gasteiger partial charge in [0.2, 0.25) is 5.50 Å². The molecule has 0 bridgehead atoms. The molecule has 1 atom stereocenters. The summed E-state index contributed by atoms with van der Waals surface area (Å²) in [6.07, 6.45) is 20.6. The summed E-state index contributed by atoms with van der Waals surface area (Å²) in [5.41, 5.74) is -1.87. The van der Waals surface area contributed by atoms with Gasteiger partial charge in [0.1, 0.15) is 0 Å². The average molecular weight is 431 g/mol. The molecule has 0 N–H and O–H groups in total. The molecule has 0 aromatic rings. The summed E-state index contributed by atoms with van der Waals surface area (Å²) in [6.45, 7) is 4.55. The molecule has 29 heavy (non-hydrogen) atoms. The van der Waals surface area contributed by atoms with Crippen molar-refractivity contribution < 1.29 is 17.0 Å². The van der Waals surface area contributed by atoms with Crippen molar-refractivity contribution in [3.63, 3.8) is 0 Å². The molecule has 0 rings (SSSR count). The third kappa shape index (κ3) is 21.5. The molecule has 0 saturated carbocycles. The molecule has 0 aliphatic carbocycles. The van der Waals surface area contributed by atoms with Crippen LogP contribution in [0.5, 0.6) is 0 Å². The van der Waals surface area contributed by atoms with Crippen molar-refractivity contribution in [2.75, 3.05) is 6.61 Å². The molecular weight excluding hydrogens is 382 g/mol. The Kier molecular flexibility index (Phi) is 25.2. The van der Waals surface area contributed by atoms with Crippen LogP contribution < -0.4 is 0 Å². The Balaban J connectivity index is 0. The molecular formula is C23H48FLiO3S. The first-order valence-electron chi connectivity index (χ1n) is 12.1. The SMILES string of the molecule is CCCCCCCCCCCOS(=O)(=O)C(F)CCCCCCCCCCC.[LiH]. The Morgan fingerprint density at radius 3 is 1.38 bits per heavy atom. The van der Waals surface area contributed by atoms with Crippen LogP contribution in [0, 0.1) is 0 Å². The second-order valence-electron chi connectivity index (χ2n) is 8.17. The van der Waals surface area contributed by atoms with Gasteiger partial charge in [-0.05, 0) is 19.3 Å². The molecule has 0 spiro atoms. The van der Waals surface area contributed by atoms with E-state index in [9.17, 15) is 12.8 Å². The van der Waals surface area contributed by atoms with E-state index in [2.05, 4.69) is 13.8 Å². The van der Waals surface area contributed by atoms with Crippen molar-refractivity contribution >= 4 is 29.0 Å². The molecule has 0 aromatic heterocycles. The Hall–Kier alpha value is 0.437. The van der Waals surface area contributed by atoms with E-state index in [0.717, 1.165) is 25.7 Å². The van der Waals surface area contributed by atoms with Crippen LogP contribution >= 0.6 is 0 Å². The van der Waals surface area contributed by atoms with Gasteiger partial charge < -0.3 is 0 Å². The van der Waals surface area contributed by atoms with Gasteiger partial charge in [-0.2, -0.15) is 8.42 Å². The van der Waals surface area contributed by atoms with E-state index in [-0.39, 0.29) is 31.9 Å². The van der Waals surface area contributed by atoms with E-state index in [0.29, 0.717) is 12.8 Å². The van der Waals surface area contributed by atoms with Crippen LogP contribution in [0.2, 0.25) is 0 Å². The van der Waals surface area contributed by atoms with Gasteiger partial charge in [0.25, 0.3) is 10.1 Å². The zero-order chi connectivity index (χ0) is 20.9. The summed E-state index contributed by atoms with van der Waals surface area (Å²) >= 11 is 0. The van der Waals surface area contributed by atoms with Crippen LogP contribution in [0.15, 0.2) is 0 Å². The summed E-state index contributed by atoms with van der Waals surface area (Å²) < 4.78 is 42.5. The maximum atomic E-state index is 14.0. The molecule has 0 aromatic carbocycles. The van der Waals surface area contributed by atoms with Gasteiger partial charge in [-0.15, -0.1) is 0 Å². The molecule has 0 saturated heterocycles. The average Bonchev–Trinajstić information content (AvgIpc) is 2.68. The standard InChI is InChI=1S/C23H47FO3S.Li.H/c1-3-5-7-9-11-13-15-17-19-21-23(24)28(25,26)27-22-20-18-16-14-12-10-8-6-4-2;;/h23H,3-22H2,1-2H3;;. The van der Waals surface area contributed by atoms with Crippen LogP contribution in [0.25, 0.3) is 0 Å². The van der Waals surface area contributed by atoms with E-state index >= 15 is 0 Å². The molecule has 6 heteroatoms. The Bertz CT molecular complexity index is 418. The predicted octanol–water partition coefficient (Wildman–Crippen LogP) is 7.43. The van der Waals surface area contributed by atoms with Gasteiger partial charge in [0.15, 0.2) is 0 Å². The van der Waals surface area contributed by atoms with E-state index in [4.69, 9.17) is 4.18 Å². The molecule has 0 amide bonds. The zero-order valence-electron chi connectivity index (χ0n) is 18.7. The van der Waals surface area contributed by atoms with Crippen molar-refractivity contribution in [2.24, 2.45) is 0 Å². The molecule has 172 valence electrons. The van der Waals surface area contributed by atoms with Crippen molar-refractivity contribution in [2.45, 2.75) is 141 Å². The van der Waals surface area contributed by atoms with Crippen LogP contribution in [-0.4, -0.2) is 39.4 Å². The number of unbranched alkanes of at least 4 members (excludes halogenated alkanes) is 16. The van der Waals surface area contributed by atoms with E-state index in [1.54, 1.807) is 0 Å². The van der Waals surface area contributed by atoms with Gasteiger partial charge in [-0.25, -0.2) is 4.39 Å². The van der Waals surface area contributed by atoms with E-state index in [1.165, 1.54) is 77.0 Å². The fourth-order valence-electron chi connectivity index (χ4n) is 3.42. The Morgan fingerprint density at radius 1 is 0.621 bits per heavy atom. The molecule has 0 radical (unpaired) electrons. The monoisotopic (exact) mass is 430 g/mol. The number of alkyl halides is 1. The van der Waals surface area contributed by atoms with Gasteiger partial charge >= 0.3 is 18.9 Å². The number of rotatable bonds is 22. The molecule has 0 fully saturated rings. The van der Waals surface area contributed by atoms with Crippen molar-refractivity contribution in [1.82, 2.24) is 0 Å². The summed E-state index contributed by atoms with van der Waals surface area (Å²) in [4.78, 5) is 0. The van der Waals surface area contributed by atoms with E-state index in [1.807, 2.05) is 0 Å². The molecule has 3 nitrogen and oxygen atoms in total. The van der Waals surface area contributed by atoms with E-state index < -0.39 is 15.6 Å². The maximum absolute atomic E-state index is 14.0. The summed E-state index contributed by atoms with van der Waals surface area (Å²) in [6, 6.07) is 0. The quantitative estimate of drug-likeness (QED) is 0.102. The van der Waals surface area contributed by atoms with Gasteiger partial charge in [-0.1, -0.05) is 117 Å². The second-order valence-corrected chi connectivity index (χ2v) is 9.90. The summed E-state index contributed by atoms with van der Waals surface area (Å²) in [5.74, 6) is 0. The fourth-order valence-corrected chi connectivity index (χ4v) is 4.37. The van der Waals surface area contributed by atoms with Crippen molar-refractivity contribution in [3.8, 4) is 0 Å². The van der Waals surface area contributed by atoms with Gasteiger partial charge in [0, 0.05) is 0 Å². The number of hydrogen-bond acceptors (Lipinski definition) is 3. The molecule has 0 aliphatic heterocycles. The molecule has 0 aliphatic rings. The van der Waals surface area contributed by atoms with Crippen LogP contribution in [-0.2, 0) is 14.3 Å². The van der Waals surface area contributed by atoms with Crippen LogP contribution in [0.1, 0.15) is 136 Å². The fraction of sp³-hybridized carbons (Fsp3) is 1.00. The first-order valence-corrected chi connectivity index (χ1v) is 13.5. The zero-order valence-corrected chi connectivity index (χ0v) is 19.5. The number of hydrogen-bond donors (Lipinski definition) is 0. The Labute approximate surface area is 193 Å². The third-order valence-corrected chi connectivity index (χ3v) is 6.70. The predicted molar refractivity (Wildman–Crippen MR) is 126 cm³/mol. The number of halogens is 1. The summed E-state index contributed by atoms with van der Waals surface area (Å²) in [5, 5.41) is 0. The first-order chi connectivity index (χ1) is 13.5. The summed E-state index contributed by atoms with van der Waals surface area (Å²) in [7, 11) is -4.04. The minimum absolute atomic E-state index is 0. The molecule has 1 unspecified atom stereocenters. The molecule has 0 heterocycles. The minimum atomic E-state index is -4.04. The topological polar surface area (TPSA) is 43.4 Å². The third-order valence-electron chi connectivity index (χ3n) is 5.34. The van der Waals surface area contributed by atoms with Gasteiger partial charge in [0.05, 0.1) is 6.61 Å². The Morgan fingerprint density at radius 2 is 0.966 bits per heavy atom. The first kappa shape index (κ1) is 31.6. The van der Waals surface area contributed by atoms with Crippen molar-refractivity contribution in [1.29, 1.82) is 0 Å². The van der Waals surface area contributed by atoms with Crippen LogP contribution in [0.4, 0.5) is 4.39 Å². The van der Waals surface area contributed by atoms with Crippen molar-refractivity contribution in [3.05, 3.63) is 0 Å². The second kappa shape index (κ2) is 23.1. The van der Waals surface area contributed by atoms with Gasteiger partial charge in [-0.3, -0.25) is 4.18 Å². The normalized spacial score (nSPS) is 12.7. The van der Waals surface area contributed by atoms with Crippen LogP contribution in [0.3, 0.4) is 0 Å².